The quantitative estimate of drug-likeness (QED) is 0.812. The summed E-state index contributed by atoms with van der Waals surface area (Å²) < 4.78 is 0. The molecule has 3 nitrogen and oxygen atoms in total. The van der Waals surface area contributed by atoms with Crippen molar-refractivity contribution in [2.75, 3.05) is 6.54 Å². The van der Waals surface area contributed by atoms with Crippen LogP contribution in [0.15, 0.2) is 53.6 Å². The zero-order chi connectivity index (χ0) is 12.8. The summed E-state index contributed by atoms with van der Waals surface area (Å²) in [6.07, 6.45) is 1.75. The average Bonchev–Trinajstić information content (AvgIpc) is 2.91. The molecule has 0 aliphatic carbocycles. The minimum atomic E-state index is -0.0551. The second-order valence-electron chi connectivity index (χ2n) is 4.04. The summed E-state index contributed by atoms with van der Waals surface area (Å²) in [6.45, 7) is 2.75. The number of nitrogens with one attached hydrogen (secondary N) is 2. The molecule has 94 valence electrons. The molecule has 2 N–H and O–H groups in total. The number of hydrogen-bond acceptors (Lipinski definition) is 2. The molecule has 0 fully saturated rings. The average molecular weight is 260 g/mol. The first-order valence-electron chi connectivity index (χ1n) is 5.89. The van der Waals surface area contributed by atoms with Gasteiger partial charge >= 0.3 is 0 Å². The first-order valence-corrected chi connectivity index (χ1v) is 6.77. The van der Waals surface area contributed by atoms with E-state index < -0.39 is 0 Å². The largest absolute Gasteiger partial charge is 0.357 e. The minimum absolute atomic E-state index is 0.0551. The van der Waals surface area contributed by atoms with Crippen molar-refractivity contribution in [2.24, 2.45) is 0 Å². The molecular weight excluding hydrogens is 244 g/mol. The van der Waals surface area contributed by atoms with Gasteiger partial charge in [0.15, 0.2) is 0 Å². The third-order valence-corrected chi connectivity index (χ3v) is 3.59. The van der Waals surface area contributed by atoms with Crippen LogP contribution in [0.5, 0.6) is 0 Å². The van der Waals surface area contributed by atoms with Crippen molar-refractivity contribution in [3.05, 3.63) is 54.4 Å². The highest BCUT2D eigenvalue weighted by Gasteiger charge is 2.08. The molecule has 0 saturated carbocycles. The molecule has 0 bridgehead atoms. The van der Waals surface area contributed by atoms with Crippen LogP contribution >= 0.6 is 11.8 Å². The maximum absolute atomic E-state index is 11.7. The highest BCUT2D eigenvalue weighted by Crippen LogP contribution is 2.21. The molecule has 1 amide bonds. The molecule has 1 atom stereocenters. The van der Waals surface area contributed by atoms with Gasteiger partial charge in [0.25, 0.3) is 5.91 Å². The van der Waals surface area contributed by atoms with Crippen molar-refractivity contribution in [1.29, 1.82) is 0 Å². The van der Waals surface area contributed by atoms with Gasteiger partial charge in [0.1, 0.15) is 5.69 Å². The Morgan fingerprint density at radius 1 is 1.28 bits per heavy atom. The highest BCUT2D eigenvalue weighted by atomic mass is 32.2. The smallest absolute Gasteiger partial charge is 0.267 e. The van der Waals surface area contributed by atoms with Crippen molar-refractivity contribution in [1.82, 2.24) is 10.3 Å². The predicted octanol–water partition coefficient (Wildman–Crippen LogP) is 2.93. The van der Waals surface area contributed by atoms with Gasteiger partial charge in [-0.2, -0.15) is 0 Å². The van der Waals surface area contributed by atoms with E-state index >= 15 is 0 Å². The third-order valence-electron chi connectivity index (χ3n) is 2.47. The second-order valence-corrected chi connectivity index (χ2v) is 5.55. The Balaban J connectivity index is 1.78. The van der Waals surface area contributed by atoms with E-state index in [1.165, 1.54) is 4.90 Å². The zero-order valence-electron chi connectivity index (χ0n) is 10.2. The Bertz CT molecular complexity index is 482. The molecule has 0 radical (unpaired) electrons. The molecule has 18 heavy (non-hydrogen) atoms. The van der Waals surface area contributed by atoms with Crippen molar-refractivity contribution in [3.8, 4) is 0 Å². The Morgan fingerprint density at radius 2 is 2.06 bits per heavy atom. The fourth-order valence-electron chi connectivity index (χ4n) is 1.58. The molecule has 0 spiro atoms. The van der Waals surface area contributed by atoms with Crippen LogP contribution < -0.4 is 5.32 Å². The molecule has 0 aliphatic rings. The summed E-state index contributed by atoms with van der Waals surface area (Å²) in [5.41, 5.74) is 0.604. The van der Waals surface area contributed by atoms with Gasteiger partial charge in [-0.1, -0.05) is 25.1 Å². The minimum Gasteiger partial charge on any atom is -0.357 e. The predicted molar refractivity (Wildman–Crippen MR) is 74.9 cm³/mol. The molecule has 0 aliphatic heterocycles. The number of aromatic amines is 1. The van der Waals surface area contributed by atoms with Crippen LogP contribution in [0.2, 0.25) is 0 Å². The first kappa shape index (κ1) is 12.8. The van der Waals surface area contributed by atoms with Crippen LogP contribution in [0.3, 0.4) is 0 Å². The van der Waals surface area contributed by atoms with Crippen molar-refractivity contribution >= 4 is 17.7 Å². The zero-order valence-corrected chi connectivity index (χ0v) is 11.0. The number of hydrogen-bond donors (Lipinski definition) is 2. The molecule has 1 aromatic carbocycles. The molecular formula is C14H16N2OS. The number of thioether (sulfide) groups is 1. The van der Waals surface area contributed by atoms with Gasteiger partial charge in [-0.3, -0.25) is 4.79 Å². The van der Waals surface area contributed by atoms with Crippen LogP contribution in [-0.4, -0.2) is 22.7 Å². The van der Waals surface area contributed by atoms with Crippen molar-refractivity contribution in [2.45, 2.75) is 17.1 Å². The molecule has 0 saturated heterocycles. The highest BCUT2D eigenvalue weighted by molar-refractivity contribution is 8.00. The maximum Gasteiger partial charge on any atom is 0.267 e. The lowest BCUT2D eigenvalue weighted by Crippen LogP contribution is -2.29. The van der Waals surface area contributed by atoms with Crippen LogP contribution in [-0.2, 0) is 0 Å². The van der Waals surface area contributed by atoms with Gasteiger partial charge in [-0.25, -0.2) is 0 Å². The normalized spacial score (nSPS) is 12.1. The van der Waals surface area contributed by atoms with Crippen LogP contribution in [0.1, 0.15) is 17.4 Å². The molecule has 4 heteroatoms. The number of aromatic nitrogens is 1. The van der Waals surface area contributed by atoms with E-state index in [-0.39, 0.29) is 5.91 Å². The lowest BCUT2D eigenvalue weighted by molar-refractivity contribution is 0.0950. The van der Waals surface area contributed by atoms with Crippen molar-refractivity contribution < 1.29 is 4.79 Å². The van der Waals surface area contributed by atoms with Crippen LogP contribution in [0.25, 0.3) is 0 Å². The number of carbonyl (C=O) groups is 1. The Labute approximate surface area is 111 Å². The third kappa shape index (κ3) is 3.67. The van der Waals surface area contributed by atoms with Gasteiger partial charge in [0.05, 0.1) is 0 Å². The summed E-state index contributed by atoms with van der Waals surface area (Å²) in [4.78, 5) is 15.8. The van der Waals surface area contributed by atoms with Gasteiger partial charge in [0, 0.05) is 22.9 Å². The van der Waals surface area contributed by atoms with Gasteiger partial charge in [0.2, 0.25) is 0 Å². The van der Waals surface area contributed by atoms with Crippen molar-refractivity contribution in [3.63, 3.8) is 0 Å². The van der Waals surface area contributed by atoms with E-state index in [0.717, 1.165) is 0 Å². The SMILES string of the molecule is C[C@@H](CNC(=O)c1ccc[nH]1)Sc1ccccc1. The maximum atomic E-state index is 11.7. The summed E-state index contributed by atoms with van der Waals surface area (Å²) in [5.74, 6) is -0.0551. The fourth-order valence-corrected chi connectivity index (χ4v) is 2.52. The van der Waals surface area contributed by atoms with E-state index in [2.05, 4.69) is 29.4 Å². The topological polar surface area (TPSA) is 44.9 Å². The molecule has 2 rings (SSSR count). The molecule has 0 unspecified atom stereocenters. The Kier molecular flexibility index (Phi) is 4.47. The number of amides is 1. The molecule has 1 aromatic heterocycles. The van der Waals surface area contributed by atoms with E-state index in [4.69, 9.17) is 0 Å². The summed E-state index contributed by atoms with van der Waals surface area (Å²) in [7, 11) is 0. The lowest BCUT2D eigenvalue weighted by Gasteiger charge is -2.11. The van der Waals surface area contributed by atoms with Gasteiger partial charge in [-0.05, 0) is 24.3 Å². The summed E-state index contributed by atoms with van der Waals surface area (Å²) in [6, 6.07) is 13.8. The standard InChI is InChI=1S/C14H16N2OS/c1-11(18-12-6-3-2-4-7-12)10-16-14(17)13-8-5-9-15-13/h2-9,11,15H,10H2,1H3,(H,16,17)/t11-/m0/s1. The summed E-state index contributed by atoms with van der Waals surface area (Å²) in [5, 5.41) is 3.25. The number of rotatable bonds is 5. The molecule has 2 aromatic rings. The first-order chi connectivity index (χ1) is 8.75. The Morgan fingerprint density at radius 3 is 2.72 bits per heavy atom. The number of carbonyl (C=O) groups excluding carboxylic acids is 1. The van der Waals surface area contributed by atoms with Gasteiger partial charge in [-0.15, -0.1) is 11.8 Å². The number of H-pyrrole nitrogens is 1. The fraction of sp³-hybridized carbons (Fsp3) is 0.214. The van der Waals surface area contributed by atoms with Crippen LogP contribution in [0, 0.1) is 0 Å². The second kappa shape index (κ2) is 6.31. The number of benzene rings is 1. The van der Waals surface area contributed by atoms with E-state index in [0.29, 0.717) is 17.5 Å². The van der Waals surface area contributed by atoms with Crippen LogP contribution in [0.4, 0.5) is 0 Å². The van der Waals surface area contributed by atoms with Gasteiger partial charge < -0.3 is 10.3 Å². The van der Waals surface area contributed by atoms with E-state index in [1.807, 2.05) is 24.3 Å². The Hall–Kier alpha value is -1.68. The summed E-state index contributed by atoms with van der Waals surface area (Å²) >= 11 is 1.76. The van der Waals surface area contributed by atoms with E-state index in [9.17, 15) is 4.79 Å². The molecule has 1 heterocycles. The van der Waals surface area contributed by atoms with E-state index in [1.54, 1.807) is 24.0 Å². The monoisotopic (exact) mass is 260 g/mol. The lowest BCUT2D eigenvalue weighted by atomic mass is 10.4.